The van der Waals surface area contributed by atoms with Crippen molar-refractivity contribution in [2.24, 2.45) is 11.1 Å². The third-order valence-corrected chi connectivity index (χ3v) is 4.71. The lowest BCUT2D eigenvalue weighted by Crippen LogP contribution is -2.36. The van der Waals surface area contributed by atoms with Gasteiger partial charge in [-0.2, -0.15) is 0 Å². The van der Waals surface area contributed by atoms with Crippen molar-refractivity contribution >= 4 is 5.91 Å². The number of nitrogens with one attached hydrogen (secondary N) is 1. The molecule has 0 heterocycles. The molecule has 1 atom stereocenters. The molecule has 3 nitrogen and oxygen atoms in total. The lowest BCUT2D eigenvalue weighted by atomic mass is 9.83. The van der Waals surface area contributed by atoms with E-state index in [0.717, 1.165) is 18.5 Å². The monoisotopic (exact) mass is 274 g/mol. The summed E-state index contributed by atoms with van der Waals surface area (Å²) in [5.74, 6) is 0.0704. The van der Waals surface area contributed by atoms with Crippen LogP contribution in [0.25, 0.3) is 0 Å². The second kappa shape index (κ2) is 6.89. The van der Waals surface area contributed by atoms with E-state index in [1.165, 1.54) is 25.7 Å². The van der Waals surface area contributed by atoms with Crippen molar-refractivity contribution in [1.29, 1.82) is 0 Å². The van der Waals surface area contributed by atoms with Gasteiger partial charge in [-0.15, -0.1) is 0 Å². The van der Waals surface area contributed by atoms with Crippen LogP contribution in [-0.4, -0.2) is 12.5 Å². The van der Waals surface area contributed by atoms with E-state index in [2.05, 4.69) is 12.2 Å². The fraction of sp³-hybridized carbons (Fsp3) is 0.588. The van der Waals surface area contributed by atoms with Crippen molar-refractivity contribution in [2.75, 3.05) is 6.54 Å². The van der Waals surface area contributed by atoms with E-state index < -0.39 is 0 Å². The quantitative estimate of drug-likeness (QED) is 0.837. The summed E-state index contributed by atoms with van der Waals surface area (Å²) in [5.41, 5.74) is 7.45. The molecule has 0 bridgehead atoms. The first-order valence-corrected chi connectivity index (χ1v) is 7.72. The Labute approximate surface area is 121 Å². The second-order valence-electron chi connectivity index (χ2n) is 6.06. The molecule has 1 aliphatic rings. The van der Waals surface area contributed by atoms with Gasteiger partial charge in [-0.25, -0.2) is 0 Å². The average Bonchev–Trinajstić information content (AvgIpc) is 2.95. The molecule has 1 aliphatic carbocycles. The molecule has 1 saturated carbocycles. The molecule has 1 fully saturated rings. The molecule has 110 valence electrons. The van der Waals surface area contributed by atoms with E-state index in [9.17, 15) is 4.79 Å². The lowest BCUT2D eigenvalue weighted by molar-refractivity contribution is -0.122. The van der Waals surface area contributed by atoms with Crippen LogP contribution in [0.2, 0.25) is 0 Å². The molecule has 0 aliphatic heterocycles. The highest BCUT2D eigenvalue weighted by atomic mass is 16.1. The zero-order valence-electron chi connectivity index (χ0n) is 12.4. The first-order chi connectivity index (χ1) is 9.65. The van der Waals surface area contributed by atoms with Gasteiger partial charge in [0.15, 0.2) is 0 Å². The third kappa shape index (κ3) is 3.83. The minimum Gasteiger partial charge on any atom is -0.355 e. The van der Waals surface area contributed by atoms with E-state index in [1.807, 2.05) is 30.3 Å². The first kappa shape index (κ1) is 15.0. The van der Waals surface area contributed by atoms with E-state index in [-0.39, 0.29) is 11.9 Å². The van der Waals surface area contributed by atoms with Gasteiger partial charge in [0.05, 0.1) is 0 Å². The van der Waals surface area contributed by atoms with Crippen molar-refractivity contribution in [3.05, 3.63) is 35.9 Å². The van der Waals surface area contributed by atoms with Gasteiger partial charge in [0.25, 0.3) is 0 Å². The Morgan fingerprint density at radius 3 is 2.55 bits per heavy atom. The summed E-state index contributed by atoms with van der Waals surface area (Å²) >= 11 is 0. The molecule has 0 radical (unpaired) electrons. The summed E-state index contributed by atoms with van der Waals surface area (Å²) < 4.78 is 0. The van der Waals surface area contributed by atoms with Gasteiger partial charge in [0.2, 0.25) is 5.91 Å². The summed E-state index contributed by atoms with van der Waals surface area (Å²) in [4.78, 5) is 12.1. The van der Waals surface area contributed by atoms with E-state index in [1.54, 1.807) is 0 Å². The van der Waals surface area contributed by atoms with E-state index >= 15 is 0 Å². The topological polar surface area (TPSA) is 55.1 Å². The van der Waals surface area contributed by atoms with Crippen LogP contribution in [0, 0.1) is 5.41 Å². The first-order valence-electron chi connectivity index (χ1n) is 7.72. The number of amides is 1. The molecule has 1 amide bonds. The minimum absolute atomic E-state index is 0.0704. The average molecular weight is 274 g/mol. The molecule has 0 aromatic heterocycles. The highest BCUT2D eigenvalue weighted by Gasteiger charge is 2.32. The maximum atomic E-state index is 12.1. The molecular weight excluding hydrogens is 248 g/mol. The number of carbonyl (C=O) groups excluding carboxylic acids is 1. The van der Waals surface area contributed by atoms with Crippen LogP contribution in [0.5, 0.6) is 0 Å². The molecule has 1 aromatic rings. The molecule has 1 aromatic carbocycles. The predicted molar refractivity (Wildman–Crippen MR) is 82.2 cm³/mol. The van der Waals surface area contributed by atoms with Gasteiger partial charge in [0, 0.05) is 19.0 Å². The van der Waals surface area contributed by atoms with Gasteiger partial charge in [0.1, 0.15) is 0 Å². The van der Waals surface area contributed by atoms with Gasteiger partial charge >= 0.3 is 0 Å². The van der Waals surface area contributed by atoms with Crippen LogP contribution in [0.1, 0.15) is 57.1 Å². The molecule has 0 spiro atoms. The normalized spacial score (nSPS) is 18.7. The Morgan fingerprint density at radius 1 is 1.30 bits per heavy atom. The van der Waals surface area contributed by atoms with Gasteiger partial charge in [-0.1, -0.05) is 50.1 Å². The molecule has 20 heavy (non-hydrogen) atoms. The summed E-state index contributed by atoms with van der Waals surface area (Å²) in [5, 5.41) is 3.10. The van der Waals surface area contributed by atoms with E-state index in [4.69, 9.17) is 5.73 Å². The number of nitrogens with two attached hydrogens (primary N) is 1. The largest absolute Gasteiger partial charge is 0.355 e. The predicted octanol–water partition coefficient (Wildman–Crippen LogP) is 3.16. The maximum absolute atomic E-state index is 12.1. The number of benzene rings is 1. The fourth-order valence-corrected chi connectivity index (χ4v) is 3.16. The molecule has 2 rings (SSSR count). The summed E-state index contributed by atoms with van der Waals surface area (Å²) in [6.45, 7) is 3.04. The van der Waals surface area contributed by atoms with Crippen LogP contribution in [0.4, 0.5) is 0 Å². The Bertz CT molecular complexity index is 424. The van der Waals surface area contributed by atoms with Gasteiger partial charge in [-0.3, -0.25) is 4.79 Å². The highest BCUT2D eigenvalue weighted by molar-refractivity contribution is 5.76. The van der Waals surface area contributed by atoms with Crippen molar-refractivity contribution < 1.29 is 4.79 Å². The summed E-state index contributed by atoms with van der Waals surface area (Å²) in [6, 6.07) is 9.61. The minimum atomic E-state index is -0.211. The number of hydrogen-bond donors (Lipinski definition) is 2. The molecule has 3 N–H and O–H groups in total. The smallest absolute Gasteiger partial charge is 0.221 e. The summed E-state index contributed by atoms with van der Waals surface area (Å²) in [7, 11) is 0. The van der Waals surface area contributed by atoms with Crippen LogP contribution >= 0.6 is 0 Å². The maximum Gasteiger partial charge on any atom is 0.221 e. The Balaban J connectivity index is 1.81. The van der Waals surface area contributed by atoms with Crippen molar-refractivity contribution in [1.82, 2.24) is 5.32 Å². The SMILES string of the molecule is CCC1(CNC(=O)CC(N)c2ccccc2)CCCC1. The standard InChI is InChI=1S/C17H26N2O/c1-2-17(10-6-7-11-17)13-19-16(20)12-15(18)14-8-4-3-5-9-14/h3-5,8-9,15H,2,6-7,10-13,18H2,1H3,(H,19,20). The molecule has 0 saturated heterocycles. The summed E-state index contributed by atoms with van der Waals surface area (Å²) in [6.07, 6.45) is 6.60. The Hall–Kier alpha value is -1.35. The lowest BCUT2D eigenvalue weighted by Gasteiger charge is -2.28. The zero-order valence-corrected chi connectivity index (χ0v) is 12.4. The van der Waals surface area contributed by atoms with Crippen molar-refractivity contribution in [3.8, 4) is 0 Å². The number of rotatable bonds is 6. The Morgan fingerprint density at radius 2 is 1.95 bits per heavy atom. The van der Waals surface area contributed by atoms with Crippen LogP contribution in [0.3, 0.4) is 0 Å². The third-order valence-electron chi connectivity index (χ3n) is 4.71. The number of hydrogen-bond acceptors (Lipinski definition) is 2. The Kier molecular flexibility index (Phi) is 5.18. The van der Waals surface area contributed by atoms with E-state index in [0.29, 0.717) is 11.8 Å². The second-order valence-corrected chi connectivity index (χ2v) is 6.06. The van der Waals surface area contributed by atoms with Gasteiger partial charge < -0.3 is 11.1 Å². The highest BCUT2D eigenvalue weighted by Crippen LogP contribution is 2.40. The molecule has 3 heteroatoms. The fourth-order valence-electron chi connectivity index (χ4n) is 3.16. The van der Waals surface area contributed by atoms with Crippen LogP contribution in [0.15, 0.2) is 30.3 Å². The number of carbonyl (C=O) groups is 1. The van der Waals surface area contributed by atoms with Gasteiger partial charge in [-0.05, 0) is 30.2 Å². The van der Waals surface area contributed by atoms with Crippen LogP contribution in [-0.2, 0) is 4.79 Å². The zero-order chi connectivity index (χ0) is 14.4. The van der Waals surface area contributed by atoms with Crippen molar-refractivity contribution in [2.45, 2.75) is 51.5 Å². The molecule has 1 unspecified atom stereocenters. The van der Waals surface area contributed by atoms with Crippen LogP contribution < -0.4 is 11.1 Å². The molecular formula is C17H26N2O. The van der Waals surface area contributed by atoms with Crippen molar-refractivity contribution in [3.63, 3.8) is 0 Å².